The van der Waals surface area contributed by atoms with Gasteiger partial charge in [-0.3, -0.25) is 4.98 Å². The van der Waals surface area contributed by atoms with E-state index in [9.17, 15) is 13.3 Å². The monoisotopic (exact) mass is 471 g/mol. The zero-order valence-corrected chi connectivity index (χ0v) is 19.5. The third-order valence-electron chi connectivity index (χ3n) is 5.96. The second-order valence-corrected chi connectivity index (χ2v) is 9.84. The van der Waals surface area contributed by atoms with Crippen LogP contribution in [0.5, 0.6) is 0 Å². The van der Waals surface area contributed by atoms with Crippen LogP contribution in [0.3, 0.4) is 0 Å². The smallest absolute Gasteiger partial charge is 0.240 e. The minimum absolute atomic E-state index is 0.0192. The molecule has 0 spiro atoms. The maximum atomic E-state index is 12.0. The Labute approximate surface area is 199 Å². The highest BCUT2D eigenvalue weighted by Gasteiger charge is 2.22. The van der Waals surface area contributed by atoms with E-state index in [-0.39, 0.29) is 10.8 Å². The molecule has 0 saturated carbocycles. The Morgan fingerprint density at radius 2 is 1.32 bits per heavy atom. The first-order chi connectivity index (χ1) is 16.5. The van der Waals surface area contributed by atoms with Crippen molar-refractivity contribution in [3.05, 3.63) is 125 Å². The summed E-state index contributed by atoms with van der Waals surface area (Å²) >= 11 is 0. The third-order valence-corrected chi connectivity index (χ3v) is 7.39. The quantitative estimate of drug-likeness (QED) is 0.318. The highest BCUT2D eigenvalue weighted by molar-refractivity contribution is 7.89. The summed E-state index contributed by atoms with van der Waals surface area (Å²) in [4.78, 5) is 16.0. The van der Waals surface area contributed by atoms with Gasteiger partial charge >= 0.3 is 0 Å². The van der Waals surface area contributed by atoms with Crippen LogP contribution in [0.1, 0.15) is 35.1 Å². The summed E-state index contributed by atoms with van der Waals surface area (Å²) < 4.78 is 26.3. The standard InChI is InChI=1S/C27H25N3O3S/c1-28-34(32,33)25-13-11-21(12-14-25)20-7-9-23(10-8-20)26(22-5-3-2-4-6-22)19-27(30-31)24-15-17-29-18-16-24/h2-18,26-28H,19H2,1H3. The maximum Gasteiger partial charge on any atom is 0.240 e. The molecule has 0 fully saturated rings. The molecule has 1 N–H and O–H groups in total. The van der Waals surface area contributed by atoms with Crippen LogP contribution in [0.25, 0.3) is 11.1 Å². The van der Waals surface area contributed by atoms with E-state index in [2.05, 4.69) is 39.1 Å². The lowest BCUT2D eigenvalue weighted by Crippen LogP contribution is -2.18. The zero-order chi connectivity index (χ0) is 24.0. The second-order valence-electron chi connectivity index (χ2n) is 7.95. The van der Waals surface area contributed by atoms with Gasteiger partial charge in [0.05, 0.1) is 4.90 Å². The van der Waals surface area contributed by atoms with Gasteiger partial charge in [-0.15, -0.1) is 0 Å². The molecular formula is C27H25N3O3S. The SMILES string of the molecule is CNS(=O)(=O)c1ccc(-c2ccc(C(CC(N=O)c3ccncc3)c3ccccc3)cc2)cc1. The molecular weight excluding hydrogens is 446 g/mol. The Balaban J connectivity index is 1.63. The molecule has 2 unspecified atom stereocenters. The summed E-state index contributed by atoms with van der Waals surface area (Å²) in [6.07, 6.45) is 3.88. The van der Waals surface area contributed by atoms with Crippen LogP contribution in [-0.4, -0.2) is 20.4 Å². The van der Waals surface area contributed by atoms with E-state index in [4.69, 9.17) is 0 Å². The average Bonchev–Trinajstić information content (AvgIpc) is 2.90. The summed E-state index contributed by atoms with van der Waals surface area (Å²) in [5.74, 6) is -0.0192. The first kappa shape index (κ1) is 23.5. The molecule has 1 heterocycles. The number of aromatic nitrogens is 1. The van der Waals surface area contributed by atoms with Gasteiger partial charge in [-0.1, -0.05) is 71.9 Å². The Bertz CT molecular complexity index is 1330. The number of nitrogens with one attached hydrogen (secondary N) is 1. The number of pyridine rings is 1. The topological polar surface area (TPSA) is 88.5 Å². The summed E-state index contributed by atoms with van der Waals surface area (Å²) in [5, 5.41) is 3.42. The van der Waals surface area contributed by atoms with Crippen LogP contribution >= 0.6 is 0 Å². The van der Waals surface area contributed by atoms with Crippen molar-refractivity contribution in [2.24, 2.45) is 5.18 Å². The molecule has 6 nitrogen and oxygen atoms in total. The van der Waals surface area contributed by atoms with Crippen LogP contribution in [0.4, 0.5) is 0 Å². The molecule has 7 heteroatoms. The van der Waals surface area contributed by atoms with E-state index in [0.29, 0.717) is 6.42 Å². The van der Waals surface area contributed by atoms with Crippen molar-refractivity contribution < 1.29 is 8.42 Å². The van der Waals surface area contributed by atoms with Gasteiger partial charge in [-0.2, -0.15) is 4.91 Å². The first-order valence-corrected chi connectivity index (χ1v) is 12.4. The number of rotatable bonds is 9. The van der Waals surface area contributed by atoms with Gasteiger partial charge in [-0.05, 0) is 65.6 Å². The van der Waals surface area contributed by atoms with E-state index >= 15 is 0 Å². The van der Waals surface area contributed by atoms with Crippen LogP contribution in [-0.2, 0) is 10.0 Å². The van der Waals surface area contributed by atoms with E-state index in [1.165, 1.54) is 7.05 Å². The van der Waals surface area contributed by atoms with Crippen molar-refractivity contribution >= 4 is 10.0 Å². The number of nitroso groups, excluding NO2 is 1. The van der Waals surface area contributed by atoms with Crippen molar-refractivity contribution in [2.75, 3.05) is 7.05 Å². The molecule has 0 aliphatic rings. The molecule has 0 radical (unpaired) electrons. The van der Waals surface area contributed by atoms with Gasteiger partial charge in [-0.25, -0.2) is 13.1 Å². The molecule has 3 aromatic carbocycles. The molecule has 34 heavy (non-hydrogen) atoms. The molecule has 4 aromatic rings. The number of benzene rings is 3. The fraction of sp³-hybridized carbons (Fsp3) is 0.148. The average molecular weight is 472 g/mol. The minimum atomic E-state index is -3.47. The molecule has 0 aliphatic carbocycles. The largest absolute Gasteiger partial charge is 0.265 e. The van der Waals surface area contributed by atoms with E-state index in [0.717, 1.165) is 27.8 Å². The number of hydrogen-bond donors (Lipinski definition) is 1. The van der Waals surface area contributed by atoms with Gasteiger partial charge < -0.3 is 0 Å². The van der Waals surface area contributed by atoms with Crippen LogP contribution in [0.15, 0.2) is 113 Å². The lowest BCUT2D eigenvalue weighted by molar-refractivity contribution is 0.588. The van der Waals surface area contributed by atoms with E-state index in [1.807, 2.05) is 42.5 Å². The molecule has 4 rings (SSSR count). The fourth-order valence-electron chi connectivity index (χ4n) is 4.05. The Kier molecular flexibility index (Phi) is 7.25. The van der Waals surface area contributed by atoms with Crippen molar-refractivity contribution in [1.82, 2.24) is 9.71 Å². The highest BCUT2D eigenvalue weighted by atomic mass is 32.2. The predicted molar refractivity (Wildman–Crippen MR) is 134 cm³/mol. The number of hydrogen-bond acceptors (Lipinski definition) is 5. The molecule has 0 amide bonds. The first-order valence-electron chi connectivity index (χ1n) is 10.9. The van der Waals surface area contributed by atoms with Crippen molar-refractivity contribution in [2.45, 2.75) is 23.3 Å². The number of sulfonamides is 1. The van der Waals surface area contributed by atoms with E-state index < -0.39 is 16.1 Å². The molecule has 172 valence electrons. The summed E-state index contributed by atoms with van der Waals surface area (Å²) in [7, 11) is -2.08. The Hall–Kier alpha value is -3.68. The van der Waals surface area contributed by atoms with Gasteiger partial charge in [0, 0.05) is 18.3 Å². The Morgan fingerprint density at radius 1 is 0.765 bits per heavy atom. The van der Waals surface area contributed by atoms with Crippen molar-refractivity contribution in [1.29, 1.82) is 0 Å². The zero-order valence-electron chi connectivity index (χ0n) is 18.7. The number of nitrogens with zero attached hydrogens (tertiary/aromatic N) is 2. The predicted octanol–water partition coefficient (Wildman–Crippen LogP) is 5.69. The molecule has 0 aliphatic heterocycles. The molecule has 1 aromatic heterocycles. The lowest BCUT2D eigenvalue weighted by Gasteiger charge is -2.21. The summed E-state index contributed by atoms with van der Waals surface area (Å²) in [6, 6.07) is 28.2. The Morgan fingerprint density at radius 3 is 1.88 bits per heavy atom. The van der Waals surface area contributed by atoms with Gasteiger partial charge in [0.1, 0.15) is 6.04 Å². The molecule has 2 atom stereocenters. The minimum Gasteiger partial charge on any atom is -0.265 e. The van der Waals surface area contributed by atoms with Gasteiger partial charge in [0.25, 0.3) is 0 Å². The highest BCUT2D eigenvalue weighted by Crippen LogP contribution is 2.36. The fourth-order valence-corrected chi connectivity index (χ4v) is 4.78. The van der Waals surface area contributed by atoms with Crippen LogP contribution in [0, 0.1) is 4.91 Å². The van der Waals surface area contributed by atoms with Crippen LogP contribution in [0.2, 0.25) is 0 Å². The van der Waals surface area contributed by atoms with Gasteiger partial charge in [0.2, 0.25) is 10.0 Å². The third kappa shape index (κ3) is 5.27. The lowest BCUT2D eigenvalue weighted by atomic mass is 9.84. The van der Waals surface area contributed by atoms with Crippen molar-refractivity contribution in [3.63, 3.8) is 0 Å². The second kappa shape index (κ2) is 10.5. The summed E-state index contributed by atoms with van der Waals surface area (Å²) in [5.41, 5.74) is 4.93. The normalized spacial score (nSPS) is 13.2. The summed E-state index contributed by atoms with van der Waals surface area (Å²) in [6.45, 7) is 0. The molecule has 0 saturated heterocycles. The molecule has 0 bridgehead atoms. The van der Waals surface area contributed by atoms with Crippen LogP contribution < -0.4 is 4.72 Å². The maximum absolute atomic E-state index is 12.0. The van der Waals surface area contributed by atoms with Gasteiger partial charge in [0.15, 0.2) is 0 Å². The van der Waals surface area contributed by atoms with E-state index in [1.54, 1.807) is 36.7 Å². The van der Waals surface area contributed by atoms with Crippen molar-refractivity contribution in [3.8, 4) is 11.1 Å².